The topological polar surface area (TPSA) is 26.3 Å². The molecule has 0 radical (unpaired) electrons. The van der Waals surface area contributed by atoms with E-state index in [1.54, 1.807) is 18.2 Å². The van der Waals surface area contributed by atoms with Crippen LogP contribution in [0.3, 0.4) is 0 Å². The van der Waals surface area contributed by atoms with E-state index < -0.39 is 0 Å². The molecule has 136 valence electrons. The molecule has 1 saturated carbocycles. The summed E-state index contributed by atoms with van der Waals surface area (Å²) in [5, 5.41) is 0. The van der Waals surface area contributed by atoms with Crippen LogP contribution in [0.1, 0.15) is 19.4 Å². The molecule has 0 aromatic heterocycles. The summed E-state index contributed by atoms with van der Waals surface area (Å²) in [6.45, 7) is 4.17. The van der Waals surface area contributed by atoms with Gasteiger partial charge in [-0.1, -0.05) is 67.4 Å². The molecule has 1 fully saturated rings. The molecule has 0 spiro atoms. The maximum Gasteiger partial charge on any atom is 0.310 e. The van der Waals surface area contributed by atoms with E-state index >= 15 is 0 Å². The van der Waals surface area contributed by atoms with Crippen molar-refractivity contribution in [2.45, 2.75) is 20.5 Å². The molecule has 26 heavy (non-hydrogen) atoms. The monoisotopic (exact) mass is 392 g/mol. The van der Waals surface area contributed by atoms with Gasteiger partial charge in [0, 0.05) is 0 Å². The number of rotatable bonds is 5. The van der Waals surface area contributed by atoms with Gasteiger partial charge in [-0.05, 0) is 52.3 Å². The zero-order valence-corrected chi connectivity index (χ0v) is 16.0. The molecule has 0 saturated heterocycles. The van der Waals surface area contributed by atoms with Gasteiger partial charge in [0.2, 0.25) is 0 Å². The maximum absolute atomic E-state index is 13.1. The van der Waals surface area contributed by atoms with Gasteiger partial charge in [0.15, 0.2) is 0 Å². The third kappa shape index (κ3) is 4.11. The summed E-state index contributed by atoms with van der Waals surface area (Å²) >= 11 is 11.4. The molecule has 3 rings (SSSR count). The number of carbonyl (C=O) groups is 1. The van der Waals surface area contributed by atoms with E-state index in [4.69, 9.17) is 27.9 Å². The molecule has 0 heterocycles. The zero-order valence-electron chi connectivity index (χ0n) is 14.5. The van der Waals surface area contributed by atoms with E-state index in [0.29, 0.717) is 0 Å². The lowest BCUT2D eigenvalue weighted by atomic mass is 10.0. The highest BCUT2D eigenvalue weighted by atomic mass is 35.5. The summed E-state index contributed by atoms with van der Waals surface area (Å²) in [4.78, 5) is 12.4. The van der Waals surface area contributed by atoms with Crippen molar-refractivity contribution in [3.63, 3.8) is 0 Å². The number of halogens is 3. The van der Waals surface area contributed by atoms with E-state index in [-0.39, 0.29) is 40.1 Å². The number of benzene rings is 2. The Morgan fingerprint density at radius 2 is 1.85 bits per heavy atom. The van der Waals surface area contributed by atoms with Crippen molar-refractivity contribution in [3.8, 4) is 11.1 Å². The van der Waals surface area contributed by atoms with Gasteiger partial charge in [0.25, 0.3) is 0 Å². The van der Waals surface area contributed by atoms with Gasteiger partial charge in [-0.2, -0.15) is 0 Å². The second kappa shape index (κ2) is 7.42. The average Bonchev–Trinajstić information content (AvgIpc) is 3.13. The summed E-state index contributed by atoms with van der Waals surface area (Å²) in [7, 11) is 0. The van der Waals surface area contributed by atoms with E-state index in [0.717, 1.165) is 16.7 Å². The Kier molecular flexibility index (Phi) is 5.40. The quantitative estimate of drug-likeness (QED) is 0.572. The SMILES string of the molecule is CC1(C)[C@@H](C=C(Cl)Cl)[C@@H]1C(=O)OCc1cccc(-c2ccc(F)cc2)c1. The highest BCUT2D eigenvalue weighted by molar-refractivity contribution is 6.55. The van der Waals surface area contributed by atoms with Crippen molar-refractivity contribution in [1.82, 2.24) is 0 Å². The summed E-state index contributed by atoms with van der Waals surface area (Å²) in [5.74, 6) is -0.773. The van der Waals surface area contributed by atoms with Crippen molar-refractivity contribution in [2.75, 3.05) is 0 Å². The first-order valence-corrected chi connectivity index (χ1v) is 9.09. The van der Waals surface area contributed by atoms with Crippen LogP contribution in [-0.2, 0) is 16.1 Å². The Hall–Kier alpha value is -1.84. The minimum atomic E-state index is -0.272. The fraction of sp³-hybridized carbons (Fsp3) is 0.286. The number of allylic oxidation sites excluding steroid dienone is 1. The van der Waals surface area contributed by atoms with Crippen molar-refractivity contribution >= 4 is 29.2 Å². The molecule has 0 bridgehead atoms. The Balaban J connectivity index is 1.65. The van der Waals surface area contributed by atoms with E-state index in [1.165, 1.54) is 12.1 Å². The molecular formula is C21H19Cl2FO2. The molecular weight excluding hydrogens is 374 g/mol. The third-order valence-corrected chi connectivity index (χ3v) is 5.21. The molecule has 2 atom stereocenters. The lowest BCUT2D eigenvalue weighted by Crippen LogP contribution is -2.10. The average molecular weight is 393 g/mol. The molecule has 0 amide bonds. The van der Waals surface area contributed by atoms with Crippen molar-refractivity contribution in [1.29, 1.82) is 0 Å². The normalized spacial score (nSPS) is 20.3. The van der Waals surface area contributed by atoms with Gasteiger partial charge in [-0.15, -0.1) is 0 Å². The molecule has 1 aliphatic rings. The molecule has 2 aromatic rings. The third-order valence-electron chi connectivity index (χ3n) is 4.96. The minimum absolute atomic E-state index is 0.00875. The first-order chi connectivity index (χ1) is 12.3. The van der Waals surface area contributed by atoms with Crippen LogP contribution in [0.5, 0.6) is 0 Å². The zero-order chi connectivity index (χ0) is 18.9. The molecule has 0 aliphatic heterocycles. The number of esters is 1. The van der Waals surface area contributed by atoms with Crippen LogP contribution in [0.2, 0.25) is 0 Å². The predicted molar refractivity (Wildman–Crippen MR) is 102 cm³/mol. The van der Waals surface area contributed by atoms with Crippen LogP contribution in [-0.4, -0.2) is 5.97 Å². The first-order valence-electron chi connectivity index (χ1n) is 8.33. The van der Waals surface area contributed by atoms with Crippen LogP contribution in [0.4, 0.5) is 4.39 Å². The number of carbonyl (C=O) groups excluding carboxylic acids is 1. The minimum Gasteiger partial charge on any atom is -0.461 e. The summed E-state index contributed by atoms with van der Waals surface area (Å²) in [5.41, 5.74) is 2.52. The van der Waals surface area contributed by atoms with Crippen molar-refractivity contribution < 1.29 is 13.9 Å². The summed E-state index contributed by atoms with van der Waals surface area (Å²) in [6.07, 6.45) is 1.70. The molecule has 0 N–H and O–H groups in total. The number of hydrogen-bond acceptors (Lipinski definition) is 2. The summed E-state index contributed by atoms with van der Waals surface area (Å²) < 4.78 is 18.7. The maximum atomic E-state index is 13.1. The lowest BCUT2D eigenvalue weighted by Gasteiger charge is -2.08. The Bertz CT molecular complexity index is 839. The Morgan fingerprint density at radius 3 is 2.50 bits per heavy atom. The van der Waals surface area contributed by atoms with Crippen molar-refractivity contribution in [2.24, 2.45) is 17.3 Å². The second-order valence-electron chi connectivity index (χ2n) is 7.10. The Morgan fingerprint density at radius 1 is 1.15 bits per heavy atom. The molecule has 1 aliphatic carbocycles. The number of hydrogen-bond donors (Lipinski definition) is 0. The molecule has 2 nitrogen and oxygen atoms in total. The van der Waals surface area contributed by atoms with Crippen LogP contribution < -0.4 is 0 Å². The fourth-order valence-electron chi connectivity index (χ4n) is 3.30. The van der Waals surface area contributed by atoms with Crippen LogP contribution in [0.25, 0.3) is 11.1 Å². The fourth-order valence-corrected chi connectivity index (χ4v) is 3.57. The Labute approximate surface area is 162 Å². The smallest absolute Gasteiger partial charge is 0.310 e. The molecule has 2 aromatic carbocycles. The number of ether oxygens (including phenoxy) is 1. The standard InChI is InChI=1S/C21H19Cl2FO2/c1-21(2)17(11-18(22)23)19(21)20(25)26-12-13-4-3-5-15(10-13)14-6-8-16(24)9-7-14/h3-11,17,19H,12H2,1-2H3/t17-,19+/m0/s1. The van der Waals surface area contributed by atoms with E-state index in [9.17, 15) is 9.18 Å². The van der Waals surface area contributed by atoms with E-state index in [2.05, 4.69) is 0 Å². The highest BCUT2D eigenvalue weighted by Gasteiger charge is 2.61. The largest absolute Gasteiger partial charge is 0.461 e. The van der Waals surface area contributed by atoms with Crippen molar-refractivity contribution in [3.05, 3.63) is 70.5 Å². The van der Waals surface area contributed by atoms with Gasteiger partial charge in [0.1, 0.15) is 16.9 Å². The lowest BCUT2D eigenvalue weighted by molar-refractivity contribution is -0.147. The predicted octanol–water partition coefficient (Wildman–Crippen LogP) is 6.13. The van der Waals surface area contributed by atoms with Gasteiger partial charge in [0.05, 0.1) is 5.92 Å². The molecule has 0 unspecified atom stereocenters. The second-order valence-corrected chi connectivity index (χ2v) is 8.10. The van der Waals surface area contributed by atoms with Gasteiger partial charge < -0.3 is 4.74 Å². The van der Waals surface area contributed by atoms with Gasteiger partial charge >= 0.3 is 5.97 Å². The van der Waals surface area contributed by atoms with E-state index in [1.807, 2.05) is 38.1 Å². The van der Waals surface area contributed by atoms with Crippen LogP contribution in [0.15, 0.2) is 59.1 Å². The van der Waals surface area contributed by atoms with Crippen LogP contribution in [0, 0.1) is 23.1 Å². The van der Waals surface area contributed by atoms with Gasteiger partial charge in [-0.3, -0.25) is 4.79 Å². The highest BCUT2D eigenvalue weighted by Crippen LogP contribution is 2.60. The first kappa shape index (κ1) is 18.9. The van der Waals surface area contributed by atoms with Crippen LogP contribution >= 0.6 is 23.2 Å². The molecule has 5 heteroatoms. The van der Waals surface area contributed by atoms with Gasteiger partial charge in [-0.25, -0.2) is 4.39 Å². The summed E-state index contributed by atoms with van der Waals surface area (Å²) in [6, 6.07) is 13.9.